The third kappa shape index (κ3) is 4.64. The molecule has 1 saturated heterocycles. The Balaban J connectivity index is 2.80. The molecule has 1 aliphatic rings. The number of hydrogen-bond donors (Lipinski definition) is 1. The van der Waals surface area contributed by atoms with Crippen LogP contribution in [0.2, 0.25) is 0 Å². The van der Waals surface area contributed by atoms with Gasteiger partial charge < -0.3 is 5.73 Å². The average molecular weight is 287 g/mol. The zero-order valence-electron chi connectivity index (χ0n) is 13.7. The summed E-state index contributed by atoms with van der Waals surface area (Å²) in [6, 6.07) is 0. The molecule has 0 radical (unpaired) electrons. The Morgan fingerprint density at radius 2 is 2.00 bits per heavy atom. The summed E-state index contributed by atoms with van der Waals surface area (Å²) in [5, 5.41) is 0. The van der Waals surface area contributed by atoms with Crippen LogP contribution >= 0.6 is 11.8 Å². The molecule has 2 nitrogen and oxygen atoms in total. The lowest BCUT2D eigenvalue weighted by Crippen LogP contribution is -2.55. The van der Waals surface area contributed by atoms with Crippen LogP contribution in [0.1, 0.15) is 60.3 Å². The molecular formula is C16H34N2S. The molecule has 19 heavy (non-hydrogen) atoms. The first-order valence-corrected chi connectivity index (χ1v) is 8.96. The highest BCUT2D eigenvalue weighted by Gasteiger charge is 2.37. The topological polar surface area (TPSA) is 29.3 Å². The third-order valence-corrected chi connectivity index (χ3v) is 6.34. The molecule has 2 unspecified atom stereocenters. The standard InChI is InChI=1S/C16H34N2S/c1-6-14(3)12-16(7-2,13-17)18-9-8-15(4,5)19-11-10-18/h14H,6-13,17H2,1-5H3. The summed E-state index contributed by atoms with van der Waals surface area (Å²) in [6.07, 6.45) is 4.97. The molecule has 3 heteroatoms. The van der Waals surface area contributed by atoms with Crippen LogP contribution < -0.4 is 5.73 Å². The third-order valence-electron chi connectivity index (χ3n) is 4.97. The minimum Gasteiger partial charge on any atom is -0.329 e. The first-order valence-electron chi connectivity index (χ1n) is 7.98. The van der Waals surface area contributed by atoms with Crippen molar-refractivity contribution in [3.8, 4) is 0 Å². The molecule has 0 bridgehead atoms. The van der Waals surface area contributed by atoms with Crippen LogP contribution in [0.25, 0.3) is 0 Å². The van der Waals surface area contributed by atoms with Crippen LogP contribution in [0.15, 0.2) is 0 Å². The fraction of sp³-hybridized carbons (Fsp3) is 1.00. The lowest BCUT2D eigenvalue weighted by Gasteiger charge is -2.44. The summed E-state index contributed by atoms with van der Waals surface area (Å²) >= 11 is 2.12. The summed E-state index contributed by atoms with van der Waals surface area (Å²) in [6.45, 7) is 15.0. The minimum atomic E-state index is 0.233. The van der Waals surface area contributed by atoms with Crippen LogP contribution in [-0.2, 0) is 0 Å². The van der Waals surface area contributed by atoms with Gasteiger partial charge in [0, 0.05) is 35.7 Å². The smallest absolute Gasteiger partial charge is 0.0332 e. The van der Waals surface area contributed by atoms with E-state index >= 15 is 0 Å². The zero-order valence-corrected chi connectivity index (χ0v) is 14.5. The van der Waals surface area contributed by atoms with Crippen molar-refractivity contribution in [2.24, 2.45) is 11.7 Å². The number of thioether (sulfide) groups is 1. The van der Waals surface area contributed by atoms with Crippen molar-refractivity contribution in [2.75, 3.05) is 25.4 Å². The van der Waals surface area contributed by atoms with Gasteiger partial charge in [-0.25, -0.2) is 0 Å². The Kier molecular flexibility index (Phi) is 6.68. The van der Waals surface area contributed by atoms with Crippen molar-refractivity contribution in [1.29, 1.82) is 0 Å². The lowest BCUT2D eigenvalue weighted by atomic mass is 9.82. The molecule has 0 aromatic heterocycles. The summed E-state index contributed by atoms with van der Waals surface area (Å²) in [5.74, 6) is 2.02. The molecule has 0 aliphatic carbocycles. The molecule has 0 amide bonds. The lowest BCUT2D eigenvalue weighted by molar-refractivity contribution is 0.0708. The SMILES string of the molecule is CCC(C)CC(CC)(CN)N1CCSC(C)(C)CC1. The molecule has 1 fully saturated rings. The molecule has 0 aromatic carbocycles. The second-order valence-electron chi connectivity index (χ2n) is 6.84. The van der Waals surface area contributed by atoms with Gasteiger partial charge in [-0.05, 0) is 25.2 Å². The molecule has 0 saturated carbocycles. The van der Waals surface area contributed by atoms with E-state index in [0.717, 1.165) is 12.5 Å². The molecule has 1 rings (SSSR count). The monoisotopic (exact) mass is 286 g/mol. The predicted octanol–water partition coefficient (Wildman–Crippen LogP) is 3.75. The highest BCUT2D eigenvalue weighted by molar-refractivity contribution is 8.00. The predicted molar refractivity (Wildman–Crippen MR) is 88.9 cm³/mol. The van der Waals surface area contributed by atoms with Crippen LogP contribution in [0.3, 0.4) is 0 Å². The van der Waals surface area contributed by atoms with E-state index in [2.05, 4.69) is 51.3 Å². The quantitative estimate of drug-likeness (QED) is 0.806. The fourth-order valence-corrected chi connectivity index (χ4v) is 4.24. The van der Waals surface area contributed by atoms with Crippen LogP contribution in [0.5, 0.6) is 0 Å². The van der Waals surface area contributed by atoms with Crippen molar-refractivity contribution in [1.82, 2.24) is 4.90 Å². The maximum absolute atomic E-state index is 6.22. The van der Waals surface area contributed by atoms with E-state index in [0.29, 0.717) is 4.75 Å². The van der Waals surface area contributed by atoms with Gasteiger partial charge in [-0.3, -0.25) is 4.90 Å². The van der Waals surface area contributed by atoms with E-state index in [1.54, 1.807) is 0 Å². The van der Waals surface area contributed by atoms with E-state index in [9.17, 15) is 0 Å². The first kappa shape index (κ1) is 17.3. The molecule has 1 aliphatic heterocycles. The number of rotatable bonds is 6. The number of nitrogens with two attached hydrogens (primary N) is 1. The molecular weight excluding hydrogens is 252 g/mol. The summed E-state index contributed by atoms with van der Waals surface area (Å²) < 4.78 is 0.430. The van der Waals surface area contributed by atoms with Gasteiger partial charge in [-0.2, -0.15) is 11.8 Å². The Morgan fingerprint density at radius 1 is 1.32 bits per heavy atom. The molecule has 1 heterocycles. The molecule has 2 N–H and O–H groups in total. The van der Waals surface area contributed by atoms with Crippen LogP contribution in [0, 0.1) is 5.92 Å². The van der Waals surface area contributed by atoms with Crippen molar-refractivity contribution < 1.29 is 0 Å². The molecule has 114 valence electrons. The normalized spacial score (nSPS) is 25.6. The van der Waals surface area contributed by atoms with Gasteiger partial charge in [0.1, 0.15) is 0 Å². The van der Waals surface area contributed by atoms with Crippen molar-refractivity contribution in [2.45, 2.75) is 70.6 Å². The summed E-state index contributed by atoms with van der Waals surface area (Å²) in [4.78, 5) is 2.71. The Morgan fingerprint density at radius 3 is 2.53 bits per heavy atom. The highest BCUT2D eigenvalue weighted by atomic mass is 32.2. The Hall–Kier alpha value is 0.270. The second kappa shape index (κ2) is 7.33. The van der Waals surface area contributed by atoms with Crippen LogP contribution in [0.4, 0.5) is 0 Å². The zero-order chi connectivity index (χ0) is 14.5. The van der Waals surface area contributed by atoms with E-state index < -0.39 is 0 Å². The highest BCUT2D eigenvalue weighted by Crippen LogP contribution is 2.35. The average Bonchev–Trinajstić information content (AvgIpc) is 2.57. The summed E-state index contributed by atoms with van der Waals surface area (Å²) in [7, 11) is 0. The van der Waals surface area contributed by atoms with Gasteiger partial charge in [0.05, 0.1) is 0 Å². The van der Waals surface area contributed by atoms with E-state index in [-0.39, 0.29) is 5.54 Å². The molecule has 2 atom stereocenters. The largest absolute Gasteiger partial charge is 0.329 e. The summed E-state index contributed by atoms with van der Waals surface area (Å²) in [5.41, 5.74) is 6.45. The van der Waals surface area contributed by atoms with E-state index in [4.69, 9.17) is 5.73 Å². The fourth-order valence-electron chi connectivity index (χ4n) is 3.14. The van der Waals surface area contributed by atoms with Gasteiger partial charge in [0.2, 0.25) is 0 Å². The molecule has 0 spiro atoms. The Labute approximate surface area is 124 Å². The maximum atomic E-state index is 6.22. The van der Waals surface area contributed by atoms with Gasteiger partial charge in [0.25, 0.3) is 0 Å². The van der Waals surface area contributed by atoms with Gasteiger partial charge in [-0.1, -0.05) is 41.0 Å². The van der Waals surface area contributed by atoms with Crippen molar-refractivity contribution in [3.05, 3.63) is 0 Å². The van der Waals surface area contributed by atoms with E-state index in [1.807, 2.05) is 0 Å². The maximum Gasteiger partial charge on any atom is 0.0332 e. The Bertz CT molecular complexity index is 261. The van der Waals surface area contributed by atoms with Gasteiger partial charge >= 0.3 is 0 Å². The van der Waals surface area contributed by atoms with Gasteiger partial charge in [-0.15, -0.1) is 0 Å². The van der Waals surface area contributed by atoms with Gasteiger partial charge in [0.15, 0.2) is 0 Å². The second-order valence-corrected chi connectivity index (χ2v) is 8.65. The number of hydrogen-bond acceptors (Lipinski definition) is 3. The van der Waals surface area contributed by atoms with E-state index in [1.165, 1.54) is 44.5 Å². The van der Waals surface area contributed by atoms with Crippen molar-refractivity contribution >= 4 is 11.8 Å². The van der Waals surface area contributed by atoms with Crippen LogP contribution in [-0.4, -0.2) is 40.6 Å². The minimum absolute atomic E-state index is 0.233. The van der Waals surface area contributed by atoms with Crippen molar-refractivity contribution in [3.63, 3.8) is 0 Å². The number of nitrogens with zero attached hydrogens (tertiary/aromatic N) is 1. The first-order chi connectivity index (χ1) is 8.89. The molecule has 0 aromatic rings.